The number of carboxylic acids is 1. The molecule has 0 radical (unpaired) electrons. The van der Waals surface area contributed by atoms with Gasteiger partial charge >= 0.3 is 5.97 Å². The van der Waals surface area contributed by atoms with Gasteiger partial charge in [0.25, 0.3) is 0 Å². The predicted molar refractivity (Wildman–Crippen MR) is 60.9 cm³/mol. The molecule has 0 unspecified atom stereocenters. The highest BCUT2D eigenvalue weighted by atomic mass is 32.2. The molecule has 0 spiro atoms. The molecule has 1 aromatic carbocycles. The first-order chi connectivity index (χ1) is 7.94. The Kier molecular flexibility index (Phi) is 3.06. The number of carbonyl (C=O) groups is 1. The van der Waals surface area contributed by atoms with Crippen LogP contribution in [0.1, 0.15) is 5.56 Å². The monoisotopic (exact) mass is 256 g/mol. The van der Waals surface area contributed by atoms with Gasteiger partial charge in [0.05, 0.1) is 17.9 Å². The fraction of sp³-hybridized carbons (Fsp3) is 0.364. The summed E-state index contributed by atoms with van der Waals surface area (Å²) in [5, 5.41) is 8.65. The third-order valence-corrected chi connectivity index (χ3v) is 4.20. The average molecular weight is 256 g/mol. The zero-order chi connectivity index (χ0) is 12.5. The van der Waals surface area contributed by atoms with Gasteiger partial charge in [-0.1, -0.05) is 12.1 Å². The lowest BCUT2D eigenvalue weighted by Crippen LogP contribution is -2.45. The Bertz CT molecular complexity index is 523. The molecule has 0 aliphatic carbocycles. The van der Waals surface area contributed by atoms with Crippen LogP contribution in [-0.2, 0) is 21.1 Å². The second-order valence-corrected chi connectivity index (χ2v) is 6.19. The minimum absolute atomic E-state index is 0.0379. The van der Waals surface area contributed by atoms with E-state index in [0.717, 1.165) is 0 Å². The molecule has 1 aliphatic heterocycles. The molecule has 1 N–H and O–H groups in total. The smallest absolute Gasteiger partial charge is 0.307 e. The van der Waals surface area contributed by atoms with Crippen molar-refractivity contribution in [3.8, 4) is 5.75 Å². The summed E-state index contributed by atoms with van der Waals surface area (Å²) in [6.45, 7) is 0. The minimum Gasteiger partial charge on any atom is -0.488 e. The first-order valence-electron chi connectivity index (χ1n) is 5.12. The van der Waals surface area contributed by atoms with Gasteiger partial charge in [-0.05, 0) is 17.7 Å². The van der Waals surface area contributed by atoms with E-state index in [0.29, 0.717) is 11.3 Å². The number of sulfone groups is 1. The standard InChI is InChI=1S/C11H12O5S/c12-11(13)5-8-2-1-3-9(4-8)16-10-6-17(14,15)7-10/h1-4,10H,5-7H2,(H,12,13). The van der Waals surface area contributed by atoms with E-state index in [9.17, 15) is 13.2 Å². The Labute approximate surface area is 98.9 Å². The summed E-state index contributed by atoms with van der Waals surface area (Å²) < 4.78 is 27.3. The second kappa shape index (κ2) is 4.37. The second-order valence-electron chi connectivity index (χ2n) is 4.03. The summed E-state index contributed by atoms with van der Waals surface area (Å²) in [6.07, 6.45) is -0.375. The Hall–Kier alpha value is -1.56. The molecule has 17 heavy (non-hydrogen) atoms. The molecular formula is C11H12O5S. The van der Waals surface area contributed by atoms with Gasteiger partial charge in [-0.25, -0.2) is 8.42 Å². The maximum atomic E-state index is 10.9. The molecule has 2 rings (SSSR count). The predicted octanol–water partition coefficient (Wildman–Crippen LogP) is 0.490. The summed E-state index contributed by atoms with van der Waals surface area (Å²) in [5.74, 6) is -0.316. The van der Waals surface area contributed by atoms with Crippen molar-refractivity contribution in [3.05, 3.63) is 29.8 Å². The third kappa shape index (κ3) is 3.20. The van der Waals surface area contributed by atoms with Crippen LogP contribution >= 0.6 is 0 Å². The number of aliphatic carboxylic acids is 1. The van der Waals surface area contributed by atoms with E-state index in [2.05, 4.69) is 0 Å². The first-order valence-corrected chi connectivity index (χ1v) is 6.94. The van der Waals surface area contributed by atoms with E-state index < -0.39 is 15.8 Å². The maximum Gasteiger partial charge on any atom is 0.307 e. The quantitative estimate of drug-likeness (QED) is 0.848. The Morgan fingerprint density at radius 1 is 1.41 bits per heavy atom. The van der Waals surface area contributed by atoms with Crippen molar-refractivity contribution >= 4 is 15.8 Å². The molecule has 0 aromatic heterocycles. The molecule has 6 heteroatoms. The molecule has 1 aromatic rings. The van der Waals surface area contributed by atoms with Crippen molar-refractivity contribution in [1.82, 2.24) is 0 Å². The summed E-state index contributed by atoms with van der Waals surface area (Å²) in [6, 6.07) is 6.70. The van der Waals surface area contributed by atoms with E-state index in [-0.39, 0.29) is 24.0 Å². The normalized spacial score (nSPS) is 18.4. The number of carboxylic acid groups (broad SMARTS) is 1. The van der Waals surface area contributed by atoms with Crippen molar-refractivity contribution in [1.29, 1.82) is 0 Å². The summed E-state index contributed by atoms with van der Waals surface area (Å²) in [7, 11) is -2.90. The van der Waals surface area contributed by atoms with E-state index in [1.807, 2.05) is 0 Å². The molecular weight excluding hydrogens is 244 g/mol. The first kappa shape index (κ1) is 11.9. The van der Waals surface area contributed by atoms with Gasteiger partial charge in [-0.15, -0.1) is 0 Å². The van der Waals surface area contributed by atoms with Gasteiger partial charge in [0.2, 0.25) is 0 Å². The highest BCUT2D eigenvalue weighted by molar-refractivity contribution is 7.92. The number of rotatable bonds is 4. The number of ether oxygens (including phenoxy) is 1. The van der Waals surface area contributed by atoms with Crippen molar-refractivity contribution in [2.45, 2.75) is 12.5 Å². The molecule has 5 nitrogen and oxygen atoms in total. The van der Waals surface area contributed by atoms with Gasteiger partial charge in [0, 0.05) is 0 Å². The van der Waals surface area contributed by atoms with E-state index in [1.165, 1.54) is 0 Å². The van der Waals surface area contributed by atoms with Crippen molar-refractivity contribution < 1.29 is 23.1 Å². The molecule has 1 fully saturated rings. The van der Waals surface area contributed by atoms with Crippen LogP contribution in [0.25, 0.3) is 0 Å². The molecule has 1 heterocycles. The minimum atomic E-state index is -2.90. The highest BCUT2D eigenvalue weighted by Crippen LogP contribution is 2.20. The van der Waals surface area contributed by atoms with Gasteiger partial charge in [-0.3, -0.25) is 4.79 Å². The molecule has 0 saturated carbocycles. The van der Waals surface area contributed by atoms with E-state index >= 15 is 0 Å². The molecule has 0 bridgehead atoms. The Morgan fingerprint density at radius 2 is 2.12 bits per heavy atom. The Balaban J connectivity index is 2.00. The molecule has 0 atom stereocenters. The third-order valence-electron chi connectivity index (χ3n) is 2.44. The van der Waals surface area contributed by atoms with Gasteiger partial charge in [0.1, 0.15) is 11.9 Å². The fourth-order valence-corrected chi connectivity index (χ4v) is 2.85. The SMILES string of the molecule is O=C(O)Cc1cccc(OC2CS(=O)(=O)C2)c1. The number of benzene rings is 1. The van der Waals surface area contributed by atoms with Crippen molar-refractivity contribution in [3.63, 3.8) is 0 Å². The van der Waals surface area contributed by atoms with Crippen LogP contribution in [0.5, 0.6) is 5.75 Å². The average Bonchev–Trinajstić information content (AvgIpc) is 2.14. The van der Waals surface area contributed by atoms with Crippen LogP contribution in [-0.4, -0.2) is 37.1 Å². The molecule has 1 aliphatic rings. The van der Waals surface area contributed by atoms with E-state index in [1.54, 1.807) is 24.3 Å². The Morgan fingerprint density at radius 3 is 2.71 bits per heavy atom. The lowest BCUT2D eigenvalue weighted by atomic mass is 10.1. The lowest BCUT2D eigenvalue weighted by Gasteiger charge is -2.26. The molecule has 1 saturated heterocycles. The van der Waals surface area contributed by atoms with Crippen LogP contribution in [0.15, 0.2) is 24.3 Å². The zero-order valence-electron chi connectivity index (χ0n) is 9.00. The fourth-order valence-electron chi connectivity index (χ4n) is 1.68. The van der Waals surface area contributed by atoms with Crippen LogP contribution in [0.2, 0.25) is 0 Å². The number of hydrogen-bond acceptors (Lipinski definition) is 4. The topological polar surface area (TPSA) is 80.7 Å². The van der Waals surface area contributed by atoms with Crippen LogP contribution in [0.4, 0.5) is 0 Å². The summed E-state index contributed by atoms with van der Waals surface area (Å²) in [5.41, 5.74) is 0.636. The van der Waals surface area contributed by atoms with Gasteiger partial charge < -0.3 is 9.84 Å². The lowest BCUT2D eigenvalue weighted by molar-refractivity contribution is -0.136. The van der Waals surface area contributed by atoms with Gasteiger partial charge in [0.15, 0.2) is 9.84 Å². The number of hydrogen-bond donors (Lipinski definition) is 1. The molecule has 92 valence electrons. The van der Waals surface area contributed by atoms with Gasteiger partial charge in [-0.2, -0.15) is 0 Å². The summed E-state index contributed by atoms with van der Waals surface area (Å²) >= 11 is 0. The zero-order valence-corrected chi connectivity index (χ0v) is 9.81. The van der Waals surface area contributed by atoms with Crippen LogP contribution < -0.4 is 4.74 Å². The van der Waals surface area contributed by atoms with Crippen LogP contribution in [0.3, 0.4) is 0 Å². The van der Waals surface area contributed by atoms with E-state index in [4.69, 9.17) is 9.84 Å². The molecule has 0 amide bonds. The maximum absolute atomic E-state index is 10.9. The highest BCUT2D eigenvalue weighted by Gasteiger charge is 2.35. The van der Waals surface area contributed by atoms with Crippen molar-refractivity contribution in [2.75, 3.05) is 11.5 Å². The summed E-state index contributed by atoms with van der Waals surface area (Å²) in [4.78, 5) is 10.5. The largest absolute Gasteiger partial charge is 0.488 e. The van der Waals surface area contributed by atoms with Crippen molar-refractivity contribution in [2.24, 2.45) is 0 Å². The van der Waals surface area contributed by atoms with Crippen LogP contribution in [0, 0.1) is 0 Å².